The maximum Gasteiger partial charge on any atom is 0.257 e. The van der Waals surface area contributed by atoms with Crippen molar-refractivity contribution in [3.05, 3.63) is 59.3 Å². The van der Waals surface area contributed by atoms with E-state index in [1.807, 2.05) is 0 Å². The summed E-state index contributed by atoms with van der Waals surface area (Å²) in [5, 5.41) is 0. The van der Waals surface area contributed by atoms with E-state index in [-0.39, 0.29) is 18.3 Å². The Hall–Kier alpha value is -2.10. The quantitative estimate of drug-likeness (QED) is 0.835. The van der Waals surface area contributed by atoms with E-state index in [1.165, 1.54) is 17.2 Å². The minimum Gasteiger partial charge on any atom is -0.469 e. The summed E-state index contributed by atoms with van der Waals surface area (Å²) in [7, 11) is 1.64. The topological polar surface area (TPSA) is 33.5 Å². The molecule has 1 amide bonds. The molecule has 0 radical (unpaired) electrons. The lowest BCUT2D eigenvalue weighted by atomic mass is 10.2. The van der Waals surface area contributed by atoms with Crippen LogP contribution in [-0.2, 0) is 6.54 Å². The van der Waals surface area contributed by atoms with Crippen LogP contribution in [0.4, 0.5) is 4.39 Å². The molecule has 0 N–H and O–H groups in total. The molecular weight excluding hydrogens is 233 g/mol. The maximum atomic E-state index is 13.5. The zero-order valence-corrected chi connectivity index (χ0v) is 10.3. The van der Waals surface area contributed by atoms with E-state index in [2.05, 4.69) is 0 Å². The van der Waals surface area contributed by atoms with Gasteiger partial charge in [0.15, 0.2) is 0 Å². The third kappa shape index (κ3) is 2.42. The zero-order chi connectivity index (χ0) is 13.1. The molecule has 0 fully saturated rings. The number of amides is 1. The van der Waals surface area contributed by atoms with Crippen molar-refractivity contribution >= 4 is 5.91 Å². The van der Waals surface area contributed by atoms with Crippen LogP contribution in [0.5, 0.6) is 0 Å². The molecule has 1 aromatic carbocycles. The normalized spacial score (nSPS) is 10.4. The van der Waals surface area contributed by atoms with Gasteiger partial charge in [-0.25, -0.2) is 4.39 Å². The van der Waals surface area contributed by atoms with Crippen molar-refractivity contribution in [2.45, 2.75) is 13.5 Å². The largest absolute Gasteiger partial charge is 0.469 e. The van der Waals surface area contributed by atoms with Crippen LogP contribution in [0.2, 0.25) is 0 Å². The van der Waals surface area contributed by atoms with Crippen LogP contribution in [-0.4, -0.2) is 17.9 Å². The third-order valence-corrected chi connectivity index (χ3v) is 2.80. The lowest BCUT2D eigenvalue weighted by molar-refractivity contribution is 0.0782. The predicted octanol–water partition coefficient (Wildman–Crippen LogP) is 3.00. The summed E-state index contributed by atoms with van der Waals surface area (Å²) in [6.07, 6.45) is 1.47. The van der Waals surface area contributed by atoms with Gasteiger partial charge in [-0.3, -0.25) is 4.79 Å². The number of hydrogen-bond donors (Lipinski definition) is 0. The molecule has 0 spiro atoms. The average Bonchev–Trinajstić information content (AvgIpc) is 2.77. The highest BCUT2D eigenvalue weighted by atomic mass is 19.1. The molecule has 0 aliphatic carbocycles. The Balaban J connectivity index is 2.14. The van der Waals surface area contributed by atoms with Gasteiger partial charge in [-0.2, -0.15) is 0 Å². The van der Waals surface area contributed by atoms with Crippen molar-refractivity contribution in [3.8, 4) is 0 Å². The Labute approximate surface area is 105 Å². The first-order valence-electron chi connectivity index (χ1n) is 5.62. The molecule has 3 nitrogen and oxygen atoms in total. The fourth-order valence-corrected chi connectivity index (χ4v) is 1.77. The minimum absolute atomic E-state index is 0.176. The smallest absolute Gasteiger partial charge is 0.257 e. The van der Waals surface area contributed by atoms with Crippen LogP contribution in [0.15, 0.2) is 41.0 Å². The summed E-state index contributed by atoms with van der Waals surface area (Å²) in [4.78, 5) is 13.6. The minimum atomic E-state index is -0.305. The van der Waals surface area contributed by atoms with E-state index in [9.17, 15) is 9.18 Å². The predicted molar refractivity (Wildman–Crippen MR) is 65.6 cm³/mol. The molecule has 4 heteroatoms. The second kappa shape index (κ2) is 5.04. The van der Waals surface area contributed by atoms with Gasteiger partial charge in [0.2, 0.25) is 0 Å². The summed E-state index contributed by atoms with van der Waals surface area (Å²) in [6.45, 7) is 1.96. The van der Waals surface area contributed by atoms with Gasteiger partial charge in [-0.15, -0.1) is 0 Å². The van der Waals surface area contributed by atoms with Gasteiger partial charge in [0.05, 0.1) is 11.8 Å². The van der Waals surface area contributed by atoms with Crippen LogP contribution in [0.3, 0.4) is 0 Å². The Morgan fingerprint density at radius 2 is 2.06 bits per heavy atom. The van der Waals surface area contributed by atoms with E-state index in [0.717, 1.165) is 0 Å². The highest BCUT2D eigenvalue weighted by Crippen LogP contribution is 2.14. The fourth-order valence-electron chi connectivity index (χ4n) is 1.77. The van der Waals surface area contributed by atoms with E-state index >= 15 is 0 Å². The van der Waals surface area contributed by atoms with Gasteiger partial charge >= 0.3 is 0 Å². The standard InChI is InChI=1S/C14H14FNO2/c1-10-12(7-8-18-10)14(17)16(2)9-11-5-3-4-6-13(11)15/h3-8H,9H2,1-2H3. The molecule has 0 bridgehead atoms. The molecule has 0 saturated carbocycles. The maximum absolute atomic E-state index is 13.5. The third-order valence-electron chi connectivity index (χ3n) is 2.80. The number of rotatable bonds is 3. The fraction of sp³-hybridized carbons (Fsp3) is 0.214. The molecule has 1 heterocycles. The van der Waals surface area contributed by atoms with E-state index in [0.29, 0.717) is 16.9 Å². The SMILES string of the molecule is Cc1occc1C(=O)N(C)Cc1ccccc1F. The first-order valence-corrected chi connectivity index (χ1v) is 5.62. The van der Waals surface area contributed by atoms with Gasteiger partial charge < -0.3 is 9.32 Å². The van der Waals surface area contributed by atoms with Crippen molar-refractivity contribution in [1.82, 2.24) is 4.90 Å². The van der Waals surface area contributed by atoms with Crippen LogP contribution in [0.25, 0.3) is 0 Å². The number of nitrogens with zero attached hydrogens (tertiary/aromatic N) is 1. The summed E-state index contributed by atoms with van der Waals surface area (Å²) in [5.74, 6) is 0.0888. The van der Waals surface area contributed by atoms with Crippen LogP contribution < -0.4 is 0 Å². The van der Waals surface area contributed by atoms with Crippen LogP contribution in [0.1, 0.15) is 21.7 Å². The van der Waals surface area contributed by atoms with E-state index < -0.39 is 0 Å². The number of carbonyl (C=O) groups excluding carboxylic acids is 1. The van der Waals surface area contributed by atoms with Crippen molar-refractivity contribution in [2.24, 2.45) is 0 Å². The Morgan fingerprint density at radius 3 is 2.67 bits per heavy atom. The number of furan rings is 1. The molecule has 18 heavy (non-hydrogen) atoms. The first kappa shape index (κ1) is 12.4. The second-order valence-electron chi connectivity index (χ2n) is 4.14. The van der Waals surface area contributed by atoms with Gasteiger partial charge in [-0.1, -0.05) is 18.2 Å². The summed E-state index contributed by atoms with van der Waals surface area (Å²) >= 11 is 0. The molecule has 0 aliphatic heterocycles. The van der Waals surface area contributed by atoms with Gasteiger partial charge in [0.25, 0.3) is 5.91 Å². The molecule has 2 aromatic rings. The average molecular weight is 247 g/mol. The Morgan fingerprint density at radius 1 is 1.33 bits per heavy atom. The first-order chi connectivity index (χ1) is 8.59. The number of halogens is 1. The number of aryl methyl sites for hydroxylation is 1. The monoisotopic (exact) mass is 247 g/mol. The number of carbonyl (C=O) groups is 1. The molecule has 0 saturated heterocycles. The van der Waals surface area contributed by atoms with Gasteiger partial charge in [0, 0.05) is 19.2 Å². The van der Waals surface area contributed by atoms with E-state index in [1.54, 1.807) is 38.2 Å². The molecule has 0 unspecified atom stereocenters. The highest BCUT2D eigenvalue weighted by Gasteiger charge is 2.17. The summed E-state index contributed by atoms with van der Waals surface area (Å²) < 4.78 is 18.6. The molecule has 1 aromatic heterocycles. The highest BCUT2D eigenvalue weighted by molar-refractivity contribution is 5.94. The molecule has 2 rings (SSSR count). The summed E-state index contributed by atoms with van der Waals surface area (Å²) in [6, 6.07) is 8.05. The molecule has 0 atom stereocenters. The Bertz CT molecular complexity index is 562. The van der Waals surface area contributed by atoms with Crippen molar-refractivity contribution < 1.29 is 13.6 Å². The van der Waals surface area contributed by atoms with Crippen LogP contribution in [0, 0.1) is 12.7 Å². The van der Waals surface area contributed by atoms with Gasteiger partial charge in [0.1, 0.15) is 11.6 Å². The number of hydrogen-bond acceptors (Lipinski definition) is 2. The van der Waals surface area contributed by atoms with Crippen molar-refractivity contribution in [3.63, 3.8) is 0 Å². The Kier molecular flexibility index (Phi) is 3.46. The molecule has 0 aliphatic rings. The molecular formula is C14H14FNO2. The lowest BCUT2D eigenvalue weighted by Gasteiger charge is -2.17. The van der Waals surface area contributed by atoms with Crippen LogP contribution >= 0.6 is 0 Å². The van der Waals surface area contributed by atoms with E-state index in [4.69, 9.17) is 4.42 Å². The summed E-state index contributed by atoms with van der Waals surface area (Å²) in [5.41, 5.74) is 1.00. The zero-order valence-electron chi connectivity index (χ0n) is 10.3. The second-order valence-corrected chi connectivity index (χ2v) is 4.14. The number of benzene rings is 1. The molecule has 94 valence electrons. The lowest BCUT2D eigenvalue weighted by Crippen LogP contribution is -2.26. The van der Waals surface area contributed by atoms with Crippen molar-refractivity contribution in [2.75, 3.05) is 7.05 Å². The van der Waals surface area contributed by atoms with Gasteiger partial charge in [-0.05, 0) is 19.1 Å². The van der Waals surface area contributed by atoms with Crippen molar-refractivity contribution in [1.29, 1.82) is 0 Å².